The molecule has 10 heteroatoms. The lowest BCUT2D eigenvalue weighted by atomic mass is 10.1. The van der Waals surface area contributed by atoms with Gasteiger partial charge in [0.1, 0.15) is 6.10 Å². The molecule has 0 saturated carbocycles. The Hall–Kier alpha value is -1.71. The molecule has 2 saturated heterocycles. The number of rotatable bonds is 4. The summed E-state index contributed by atoms with van der Waals surface area (Å²) in [5.41, 5.74) is 2.15. The van der Waals surface area contributed by atoms with Crippen molar-refractivity contribution < 1.29 is 14.1 Å². The molecule has 2 aliphatic rings. The second-order valence-electron chi connectivity index (χ2n) is 7.04. The number of ether oxygens (including phenoxy) is 1. The van der Waals surface area contributed by atoms with Crippen LogP contribution < -0.4 is 5.32 Å². The van der Waals surface area contributed by atoms with Gasteiger partial charge in [0.15, 0.2) is 0 Å². The quantitative estimate of drug-likeness (QED) is 0.766. The lowest BCUT2D eigenvalue weighted by Gasteiger charge is -2.36. The van der Waals surface area contributed by atoms with Crippen LogP contribution in [-0.2, 0) is 16.1 Å². The molecule has 0 aliphatic carbocycles. The van der Waals surface area contributed by atoms with Gasteiger partial charge in [0.05, 0.1) is 13.2 Å². The van der Waals surface area contributed by atoms with E-state index in [9.17, 15) is 4.79 Å². The third-order valence-electron chi connectivity index (χ3n) is 5.02. The lowest BCUT2D eigenvalue weighted by Crippen LogP contribution is -2.54. The van der Waals surface area contributed by atoms with E-state index in [1.807, 2.05) is 36.1 Å². The first kappa shape index (κ1) is 23.6. The minimum absolute atomic E-state index is 0. The zero-order valence-corrected chi connectivity index (χ0v) is 18.0. The Labute approximate surface area is 182 Å². The van der Waals surface area contributed by atoms with Crippen LogP contribution in [0, 0.1) is 6.92 Å². The highest BCUT2D eigenvalue weighted by atomic mass is 35.5. The second kappa shape index (κ2) is 10.9. The number of amides is 1. The third kappa shape index (κ3) is 5.90. The first-order valence-electron chi connectivity index (χ1n) is 9.42. The first-order valence-corrected chi connectivity index (χ1v) is 9.42. The Kier molecular flexibility index (Phi) is 8.85. The predicted molar refractivity (Wildman–Crippen MR) is 113 cm³/mol. The molecular weight excluding hydrogens is 417 g/mol. The fourth-order valence-electron chi connectivity index (χ4n) is 3.38. The summed E-state index contributed by atoms with van der Waals surface area (Å²) >= 11 is 0. The molecule has 0 radical (unpaired) electrons. The fraction of sp³-hybridized carbons (Fsp3) is 0.526. The third-order valence-corrected chi connectivity index (χ3v) is 5.02. The summed E-state index contributed by atoms with van der Waals surface area (Å²) in [5, 5.41) is 7.29. The van der Waals surface area contributed by atoms with Crippen molar-refractivity contribution in [1.82, 2.24) is 25.3 Å². The zero-order valence-electron chi connectivity index (χ0n) is 16.4. The number of hydrogen-bond acceptors (Lipinski definition) is 7. The fourth-order valence-corrected chi connectivity index (χ4v) is 3.38. The van der Waals surface area contributed by atoms with E-state index in [1.54, 1.807) is 0 Å². The predicted octanol–water partition coefficient (Wildman–Crippen LogP) is 1.52. The topological polar surface area (TPSA) is 83.7 Å². The van der Waals surface area contributed by atoms with Crippen molar-refractivity contribution >= 4 is 30.7 Å². The smallest absolute Gasteiger partial charge is 0.253 e. The van der Waals surface area contributed by atoms with Crippen LogP contribution in [0.5, 0.6) is 0 Å². The van der Waals surface area contributed by atoms with E-state index in [1.165, 1.54) is 5.56 Å². The average Bonchev–Trinajstić information content (AvgIpc) is 3.18. The van der Waals surface area contributed by atoms with Gasteiger partial charge in [-0.25, -0.2) is 0 Å². The molecule has 0 bridgehead atoms. The number of carbonyl (C=O) groups is 1. The van der Waals surface area contributed by atoms with Crippen LogP contribution >= 0.6 is 24.8 Å². The highest BCUT2D eigenvalue weighted by Gasteiger charge is 2.29. The summed E-state index contributed by atoms with van der Waals surface area (Å²) in [7, 11) is 0. The molecule has 3 heterocycles. The van der Waals surface area contributed by atoms with Crippen molar-refractivity contribution in [2.75, 3.05) is 45.9 Å². The number of benzene rings is 1. The zero-order chi connectivity index (χ0) is 18.6. The highest BCUT2D eigenvalue weighted by Crippen LogP contribution is 2.17. The van der Waals surface area contributed by atoms with E-state index in [0.717, 1.165) is 25.2 Å². The molecule has 8 nitrogen and oxygen atoms in total. The Balaban J connectivity index is 0.00000150. The number of morpholine rings is 1. The molecule has 0 spiro atoms. The van der Waals surface area contributed by atoms with E-state index >= 15 is 0 Å². The Bertz CT molecular complexity index is 772. The van der Waals surface area contributed by atoms with Crippen LogP contribution in [0.25, 0.3) is 11.4 Å². The molecule has 1 unspecified atom stereocenters. The van der Waals surface area contributed by atoms with E-state index in [-0.39, 0.29) is 36.8 Å². The summed E-state index contributed by atoms with van der Waals surface area (Å²) in [6.07, 6.45) is -0.349. The largest absolute Gasteiger partial charge is 0.366 e. The van der Waals surface area contributed by atoms with E-state index in [4.69, 9.17) is 9.26 Å². The van der Waals surface area contributed by atoms with E-state index in [0.29, 0.717) is 44.5 Å². The molecule has 1 aromatic carbocycles. The number of carbonyl (C=O) groups excluding carboxylic acids is 1. The molecule has 1 amide bonds. The van der Waals surface area contributed by atoms with Crippen LogP contribution in [0.1, 0.15) is 11.5 Å². The maximum atomic E-state index is 12.5. The molecule has 160 valence electrons. The number of nitrogens with zero attached hydrogens (tertiary/aromatic N) is 4. The van der Waals surface area contributed by atoms with Gasteiger partial charge in [-0.15, -0.1) is 24.8 Å². The number of hydrogen-bond donors (Lipinski definition) is 1. The summed E-state index contributed by atoms with van der Waals surface area (Å²) in [4.78, 5) is 21.1. The SMILES string of the molecule is Cc1ccc(-c2noc(CN3CCN(C(=O)C4CNCCO4)CC3)n2)cc1.Cl.Cl. The van der Waals surface area contributed by atoms with Crippen molar-refractivity contribution in [2.45, 2.75) is 19.6 Å². The molecule has 1 atom stereocenters. The first-order chi connectivity index (χ1) is 13.2. The molecular formula is C19H27Cl2N5O3. The maximum absolute atomic E-state index is 12.5. The lowest BCUT2D eigenvalue weighted by molar-refractivity contribution is -0.147. The minimum atomic E-state index is -0.349. The molecule has 1 N–H and O–H groups in total. The van der Waals surface area contributed by atoms with Gasteiger partial charge in [-0.2, -0.15) is 4.98 Å². The van der Waals surface area contributed by atoms with Gasteiger partial charge >= 0.3 is 0 Å². The summed E-state index contributed by atoms with van der Waals surface area (Å²) in [5.74, 6) is 1.30. The van der Waals surface area contributed by atoms with Gasteiger partial charge in [-0.05, 0) is 6.92 Å². The van der Waals surface area contributed by atoms with Crippen LogP contribution in [0.2, 0.25) is 0 Å². The van der Waals surface area contributed by atoms with E-state index < -0.39 is 0 Å². The number of piperazine rings is 1. The number of nitrogens with one attached hydrogen (secondary N) is 1. The van der Waals surface area contributed by atoms with Gasteiger partial charge in [0.2, 0.25) is 11.7 Å². The van der Waals surface area contributed by atoms with Gasteiger partial charge in [0.25, 0.3) is 5.91 Å². The number of aromatic nitrogens is 2. The van der Waals surface area contributed by atoms with Crippen LogP contribution in [0.3, 0.4) is 0 Å². The van der Waals surface area contributed by atoms with Crippen LogP contribution in [0.15, 0.2) is 28.8 Å². The van der Waals surface area contributed by atoms with Crippen LogP contribution in [-0.4, -0.2) is 77.8 Å². The molecule has 2 aromatic rings. The van der Waals surface area contributed by atoms with Crippen LogP contribution in [0.4, 0.5) is 0 Å². The van der Waals surface area contributed by atoms with Gasteiger partial charge < -0.3 is 19.5 Å². The van der Waals surface area contributed by atoms with Crippen molar-refractivity contribution in [3.05, 3.63) is 35.7 Å². The Morgan fingerprint density at radius 2 is 1.90 bits per heavy atom. The molecule has 2 fully saturated rings. The molecule has 29 heavy (non-hydrogen) atoms. The standard InChI is InChI=1S/C19H25N5O3.2ClH/c1-14-2-4-15(5-3-14)18-21-17(27-22-18)13-23-7-9-24(10-8-23)19(25)16-12-20-6-11-26-16;;/h2-5,16,20H,6-13H2,1H3;2*1H. The number of halogens is 2. The normalized spacial score (nSPS) is 19.9. The van der Waals surface area contributed by atoms with Crippen molar-refractivity contribution in [2.24, 2.45) is 0 Å². The summed E-state index contributed by atoms with van der Waals surface area (Å²) in [6, 6.07) is 8.06. The Morgan fingerprint density at radius 1 is 1.17 bits per heavy atom. The summed E-state index contributed by atoms with van der Waals surface area (Å²) in [6.45, 7) is 7.61. The van der Waals surface area contributed by atoms with Crippen molar-refractivity contribution in [3.63, 3.8) is 0 Å². The molecule has 2 aliphatic heterocycles. The van der Waals surface area contributed by atoms with Crippen molar-refractivity contribution in [3.8, 4) is 11.4 Å². The van der Waals surface area contributed by atoms with Gasteiger partial charge in [-0.3, -0.25) is 9.69 Å². The van der Waals surface area contributed by atoms with Gasteiger partial charge in [-0.1, -0.05) is 35.0 Å². The second-order valence-corrected chi connectivity index (χ2v) is 7.04. The van der Waals surface area contributed by atoms with Crippen molar-refractivity contribution in [1.29, 1.82) is 0 Å². The minimum Gasteiger partial charge on any atom is -0.366 e. The number of aryl methyl sites for hydroxylation is 1. The maximum Gasteiger partial charge on any atom is 0.253 e. The Morgan fingerprint density at radius 3 is 2.55 bits per heavy atom. The molecule has 1 aromatic heterocycles. The average molecular weight is 444 g/mol. The van der Waals surface area contributed by atoms with E-state index in [2.05, 4.69) is 20.4 Å². The summed E-state index contributed by atoms with van der Waals surface area (Å²) < 4.78 is 11.0. The highest BCUT2D eigenvalue weighted by molar-refractivity contribution is 5.85. The van der Waals surface area contributed by atoms with Gasteiger partial charge in [0, 0.05) is 44.8 Å². The molecule has 4 rings (SSSR count). The monoisotopic (exact) mass is 443 g/mol.